The lowest BCUT2D eigenvalue weighted by Gasteiger charge is -2.27. The zero-order valence-corrected chi connectivity index (χ0v) is 9.42. The first-order valence-electron chi connectivity index (χ1n) is 5.25. The number of hydrogen-bond donors (Lipinski definition) is 2. The van der Waals surface area contributed by atoms with Crippen molar-refractivity contribution in [2.24, 2.45) is 5.92 Å². The first-order valence-corrected chi connectivity index (χ1v) is 5.25. The predicted octanol–water partition coefficient (Wildman–Crippen LogP) is -0.467. The van der Waals surface area contributed by atoms with Crippen molar-refractivity contribution in [1.29, 1.82) is 0 Å². The molecular weight excluding hydrogens is 232 g/mol. The first-order chi connectivity index (χ1) is 7.61. The van der Waals surface area contributed by atoms with Gasteiger partial charge in [-0.25, -0.2) is 0 Å². The van der Waals surface area contributed by atoms with Crippen LogP contribution in [0.1, 0.15) is 19.3 Å². The van der Waals surface area contributed by atoms with E-state index in [4.69, 9.17) is 19.7 Å². The maximum absolute atomic E-state index is 11.0. The van der Waals surface area contributed by atoms with E-state index in [1.807, 2.05) is 0 Å². The normalized spacial score (nSPS) is 21.3. The van der Waals surface area contributed by atoms with E-state index in [2.05, 4.69) is 0 Å². The number of aliphatic carboxylic acids is 2. The highest BCUT2D eigenvalue weighted by molar-refractivity contribution is 5.71. The fourth-order valence-corrected chi connectivity index (χ4v) is 1.68. The largest absolute Gasteiger partial charge is 0.481 e. The molecule has 7 heteroatoms. The van der Waals surface area contributed by atoms with Gasteiger partial charge in [0.2, 0.25) is 0 Å². The highest BCUT2D eigenvalue weighted by Gasteiger charge is 2.30. The summed E-state index contributed by atoms with van der Waals surface area (Å²) >= 11 is 0. The summed E-state index contributed by atoms with van der Waals surface area (Å²) in [7, 11) is 0. The standard InChI is InChI=1S/C10H16O6.H2O/c11-9(12)3-1-2-7(10(13)14)8-6-15-4-5-16-8;/h7-8H,1-6H2,(H,11,12)(H,13,14);1H2. The molecule has 1 aliphatic heterocycles. The predicted molar refractivity (Wildman–Crippen MR) is 56.8 cm³/mol. The van der Waals surface area contributed by atoms with Gasteiger partial charge in [0.1, 0.15) is 0 Å². The fourth-order valence-electron chi connectivity index (χ4n) is 1.68. The second-order valence-electron chi connectivity index (χ2n) is 3.71. The molecule has 0 aromatic heterocycles. The number of carboxylic acids is 2. The molecule has 4 N–H and O–H groups in total. The maximum atomic E-state index is 11.0. The Kier molecular flexibility index (Phi) is 7.44. The second-order valence-corrected chi connectivity index (χ2v) is 3.71. The van der Waals surface area contributed by atoms with Crippen molar-refractivity contribution in [1.82, 2.24) is 0 Å². The number of rotatable bonds is 6. The van der Waals surface area contributed by atoms with Gasteiger partial charge in [0.15, 0.2) is 0 Å². The molecule has 0 bridgehead atoms. The van der Waals surface area contributed by atoms with Crippen molar-refractivity contribution in [3.63, 3.8) is 0 Å². The summed E-state index contributed by atoms with van der Waals surface area (Å²) < 4.78 is 10.4. The molecule has 100 valence electrons. The van der Waals surface area contributed by atoms with Gasteiger partial charge in [-0.1, -0.05) is 0 Å². The van der Waals surface area contributed by atoms with Gasteiger partial charge in [0.25, 0.3) is 0 Å². The summed E-state index contributed by atoms with van der Waals surface area (Å²) in [5.74, 6) is -2.55. The zero-order valence-electron chi connectivity index (χ0n) is 9.42. The molecule has 2 atom stereocenters. The topological polar surface area (TPSA) is 125 Å². The summed E-state index contributed by atoms with van der Waals surface area (Å²) in [6, 6.07) is 0. The number of carboxylic acid groups (broad SMARTS) is 2. The van der Waals surface area contributed by atoms with E-state index < -0.39 is 24.0 Å². The van der Waals surface area contributed by atoms with Crippen LogP contribution in [0, 0.1) is 5.92 Å². The molecule has 0 aliphatic carbocycles. The summed E-state index contributed by atoms with van der Waals surface area (Å²) in [6.45, 7) is 1.15. The van der Waals surface area contributed by atoms with Gasteiger partial charge in [-0.15, -0.1) is 0 Å². The molecule has 2 unspecified atom stereocenters. The Morgan fingerprint density at radius 1 is 1.29 bits per heavy atom. The summed E-state index contributed by atoms with van der Waals surface area (Å²) in [5, 5.41) is 17.5. The van der Waals surface area contributed by atoms with E-state index in [0.717, 1.165) is 0 Å². The van der Waals surface area contributed by atoms with E-state index >= 15 is 0 Å². The van der Waals surface area contributed by atoms with Crippen LogP contribution in [0.5, 0.6) is 0 Å². The zero-order chi connectivity index (χ0) is 12.0. The smallest absolute Gasteiger partial charge is 0.309 e. The molecule has 0 aromatic carbocycles. The average Bonchev–Trinajstić information content (AvgIpc) is 2.25. The molecule has 0 radical (unpaired) electrons. The van der Waals surface area contributed by atoms with Gasteiger partial charge in [0.05, 0.1) is 31.8 Å². The summed E-state index contributed by atoms with van der Waals surface area (Å²) in [4.78, 5) is 21.3. The lowest BCUT2D eigenvalue weighted by atomic mass is 9.96. The minimum Gasteiger partial charge on any atom is -0.481 e. The van der Waals surface area contributed by atoms with Gasteiger partial charge < -0.3 is 25.2 Å². The van der Waals surface area contributed by atoms with Crippen LogP contribution in [0.15, 0.2) is 0 Å². The molecule has 1 aliphatic rings. The summed E-state index contributed by atoms with van der Waals surface area (Å²) in [6.07, 6.45) is 0.166. The maximum Gasteiger partial charge on any atom is 0.309 e. The van der Waals surface area contributed by atoms with E-state index in [1.54, 1.807) is 0 Å². The van der Waals surface area contributed by atoms with Crippen molar-refractivity contribution in [3.8, 4) is 0 Å². The molecule has 1 saturated heterocycles. The van der Waals surface area contributed by atoms with E-state index in [-0.39, 0.29) is 18.5 Å². The van der Waals surface area contributed by atoms with Crippen molar-refractivity contribution in [2.75, 3.05) is 19.8 Å². The third-order valence-electron chi connectivity index (χ3n) is 2.51. The van der Waals surface area contributed by atoms with Crippen molar-refractivity contribution in [2.45, 2.75) is 25.4 Å². The van der Waals surface area contributed by atoms with Crippen LogP contribution >= 0.6 is 0 Å². The molecule has 17 heavy (non-hydrogen) atoms. The van der Waals surface area contributed by atoms with Crippen LogP contribution in [0.25, 0.3) is 0 Å². The molecule has 0 spiro atoms. The quantitative estimate of drug-likeness (QED) is 0.656. The van der Waals surface area contributed by atoms with E-state index in [0.29, 0.717) is 26.1 Å². The van der Waals surface area contributed by atoms with Crippen LogP contribution in [0.3, 0.4) is 0 Å². The minimum absolute atomic E-state index is 0. The molecular formula is C10H18O7. The fraction of sp³-hybridized carbons (Fsp3) is 0.800. The monoisotopic (exact) mass is 250 g/mol. The van der Waals surface area contributed by atoms with Gasteiger partial charge in [-0.3, -0.25) is 9.59 Å². The van der Waals surface area contributed by atoms with Crippen LogP contribution in [0.4, 0.5) is 0 Å². The van der Waals surface area contributed by atoms with E-state index in [9.17, 15) is 9.59 Å². The number of ether oxygens (including phenoxy) is 2. The first kappa shape index (κ1) is 15.8. The number of carbonyl (C=O) groups is 2. The minimum atomic E-state index is -0.958. The lowest BCUT2D eigenvalue weighted by Crippen LogP contribution is -2.38. The lowest BCUT2D eigenvalue weighted by molar-refractivity contribution is -0.159. The van der Waals surface area contributed by atoms with Crippen LogP contribution < -0.4 is 0 Å². The highest BCUT2D eigenvalue weighted by Crippen LogP contribution is 2.19. The Balaban J connectivity index is 0.00000256. The Labute approximate surface area is 98.6 Å². The Morgan fingerprint density at radius 3 is 2.47 bits per heavy atom. The molecule has 1 heterocycles. The van der Waals surface area contributed by atoms with Crippen molar-refractivity contribution >= 4 is 11.9 Å². The number of hydrogen-bond acceptors (Lipinski definition) is 4. The highest BCUT2D eigenvalue weighted by atomic mass is 16.6. The summed E-state index contributed by atoms with van der Waals surface area (Å²) in [5.41, 5.74) is 0. The Hall–Kier alpha value is -1.18. The molecule has 0 aromatic rings. The molecule has 1 rings (SSSR count). The van der Waals surface area contributed by atoms with Crippen LogP contribution in [0.2, 0.25) is 0 Å². The molecule has 1 fully saturated rings. The third-order valence-corrected chi connectivity index (χ3v) is 2.51. The molecule has 0 amide bonds. The van der Waals surface area contributed by atoms with E-state index in [1.165, 1.54) is 0 Å². The van der Waals surface area contributed by atoms with Crippen molar-refractivity contribution < 1.29 is 34.8 Å². The van der Waals surface area contributed by atoms with Gasteiger partial charge in [-0.05, 0) is 12.8 Å². The average molecular weight is 250 g/mol. The second kappa shape index (κ2) is 7.99. The van der Waals surface area contributed by atoms with Gasteiger partial charge >= 0.3 is 11.9 Å². The van der Waals surface area contributed by atoms with Gasteiger partial charge in [-0.2, -0.15) is 0 Å². The van der Waals surface area contributed by atoms with Crippen LogP contribution in [-0.4, -0.2) is 53.6 Å². The van der Waals surface area contributed by atoms with Crippen LogP contribution in [-0.2, 0) is 19.1 Å². The molecule has 7 nitrogen and oxygen atoms in total. The SMILES string of the molecule is O.O=C(O)CCCC(C(=O)O)C1COCCO1. The Bertz CT molecular complexity index is 247. The molecule has 0 saturated carbocycles. The van der Waals surface area contributed by atoms with Gasteiger partial charge in [0, 0.05) is 6.42 Å². The van der Waals surface area contributed by atoms with Crippen molar-refractivity contribution in [3.05, 3.63) is 0 Å². The third kappa shape index (κ3) is 5.62. The Morgan fingerprint density at radius 2 is 2.00 bits per heavy atom.